The van der Waals surface area contributed by atoms with Crippen molar-refractivity contribution in [3.63, 3.8) is 0 Å². The van der Waals surface area contributed by atoms with Gasteiger partial charge in [-0.2, -0.15) is 15.5 Å². The quantitative estimate of drug-likeness (QED) is 0.805. The summed E-state index contributed by atoms with van der Waals surface area (Å²) >= 11 is 0. The summed E-state index contributed by atoms with van der Waals surface area (Å²) < 4.78 is 0. The molecule has 19 heavy (non-hydrogen) atoms. The van der Waals surface area contributed by atoms with E-state index in [1.165, 1.54) is 23.4 Å². The molecule has 1 fully saturated rings. The maximum atomic E-state index is 11.9. The van der Waals surface area contributed by atoms with Gasteiger partial charge in [-0.1, -0.05) is 0 Å². The Kier molecular flexibility index (Phi) is 4.03. The van der Waals surface area contributed by atoms with E-state index >= 15 is 0 Å². The maximum Gasteiger partial charge on any atom is 0.253 e. The second-order valence-corrected chi connectivity index (χ2v) is 4.19. The van der Waals surface area contributed by atoms with E-state index in [4.69, 9.17) is 5.26 Å². The predicted molar refractivity (Wildman–Crippen MR) is 64.7 cm³/mol. The monoisotopic (exact) mass is 259 g/mol. The SMILES string of the molecule is N#C[C@@H]1CCCN1C(=O)CNC(=O)c1ccnnc1. The third kappa shape index (κ3) is 3.04. The predicted octanol–water partition coefficient (Wildman–Crippen LogP) is -0.279. The standard InChI is InChI=1S/C12H13N5O2/c13-6-10-2-1-5-17(10)11(18)8-14-12(19)9-3-4-15-16-7-9/h3-4,7,10H,1-2,5,8H2,(H,14,19)/t10-/m0/s1. The van der Waals surface area contributed by atoms with Crippen LogP contribution in [-0.2, 0) is 4.79 Å². The first-order valence-corrected chi connectivity index (χ1v) is 5.96. The highest BCUT2D eigenvalue weighted by Crippen LogP contribution is 2.15. The minimum absolute atomic E-state index is 0.112. The summed E-state index contributed by atoms with van der Waals surface area (Å²) in [6.07, 6.45) is 4.26. The Hall–Kier alpha value is -2.49. The molecule has 0 bridgehead atoms. The lowest BCUT2D eigenvalue weighted by molar-refractivity contribution is -0.130. The van der Waals surface area contributed by atoms with Crippen LogP contribution in [0.1, 0.15) is 23.2 Å². The molecular formula is C12H13N5O2. The number of amides is 2. The Morgan fingerprint density at radius 1 is 1.53 bits per heavy atom. The first-order valence-electron chi connectivity index (χ1n) is 5.96. The normalized spacial score (nSPS) is 17.8. The number of rotatable bonds is 3. The summed E-state index contributed by atoms with van der Waals surface area (Å²) in [4.78, 5) is 25.1. The molecule has 2 heterocycles. The highest BCUT2D eigenvalue weighted by molar-refractivity contribution is 5.96. The van der Waals surface area contributed by atoms with Crippen LogP contribution in [0, 0.1) is 11.3 Å². The molecule has 0 aliphatic carbocycles. The first kappa shape index (κ1) is 13.0. The summed E-state index contributed by atoms with van der Waals surface area (Å²) in [5.41, 5.74) is 0.348. The third-order valence-corrected chi connectivity index (χ3v) is 2.97. The number of hydrogen-bond donors (Lipinski definition) is 1. The molecule has 1 atom stereocenters. The number of carbonyl (C=O) groups excluding carboxylic acids is 2. The number of nitrogens with zero attached hydrogens (tertiary/aromatic N) is 4. The summed E-state index contributed by atoms with van der Waals surface area (Å²) in [5, 5.41) is 18.6. The number of nitrogens with one attached hydrogen (secondary N) is 1. The first-order chi connectivity index (χ1) is 9.22. The Labute approximate surface area is 110 Å². The van der Waals surface area contributed by atoms with Crippen LogP contribution in [0.4, 0.5) is 0 Å². The van der Waals surface area contributed by atoms with Crippen LogP contribution in [0.3, 0.4) is 0 Å². The molecule has 0 aromatic carbocycles. The van der Waals surface area contributed by atoms with E-state index in [2.05, 4.69) is 21.6 Å². The van der Waals surface area contributed by atoms with Gasteiger partial charge in [-0.05, 0) is 18.9 Å². The zero-order valence-corrected chi connectivity index (χ0v) is 10.2. The van der Waals surface area contributed by atoms with Gasteiger partial charge < -0.3 is 10.2 Å². The maximum absolute atomic E-state index is 11.9. The molecule has 1 saturated heterocycles. The lowest BCUT2D eigenvalue weighted by atomic mass is 10.2. The van der Waals surface area contributed by atoms with Gasteiger partial charge >= 0.3 is 0 Å². The van der Waals surface area contributed by atoms with Crippen molar-refractivity contribution in [2.24, 2.45) is 0 Å². The molecule has 7 nitrogen and oxygen atoms in total. The van der Waals surface area contributed by atoms with Crippen LogP contribution in [0.15, 0.2) is 18.5 Å². The van der Waals surface area contributed by atoms with Gasteiger partial charge in [-0.15, -0.1) is 0 Å². The van der Waals surface area contributed by atoms with Crippen molar-refractivity contribution in [3.05, 3.63) is 24.0 Å². The lowest BCUT2D eigenvalue weighted by Crippen LogP contribution is -2.42. The Balaban J connectivity index is 1.87. The highest BCUT2D eigenvalue weighted by atomic mass is 16.2. The van der Waals surface area contributed by atoms with Crippen molar-refractivity contribution in [1.29, 1.82) is 5.26 Å². The number of aromatic nitrogens is 2. The Morgan fingerprint density at radius 2 is 2.37 bits per heavy atom. The zero-order chi connectivity index (χ0) is 13.7. The fourth-order valence-electron chi connectivity index (χ4n) is 1.98. The number of nitriles is 1. The molecule has 1 aromatic heterocycles. The molecule has 0 radical (unpaired) electrons. The molecule has 0 saturated carbocycles. The second-order valence-electron chi connectivity index (χ2n) is 4.19. The molecule has 7 heteroatoms. The van der Waals surface area contributed by atoms with Crippen molar-refractivity contribution in [1.82, 2.24) is 20.4 Å². The van der Waals surface area contributed by atoms with Gasteiger partial charge in [0.05, 0.1) is 30.6 Å². The minimum Gasteiger partial charge on any atom is -0.343 e. The molecule has 2 amide bonds. The van der Waals surface area contributed by atoms with Gasteiger partial charge in [-0.3, -0.25) is 9.59 Å². The molecule has 0 spiro atoms. The van der Waals surface area contributed by atoms with Crippen LogP contribution in [-0.4, -0.2) is 46.0 Å². The number of hydrogen-bond acceptors (Lipinski definition) is 5. The van der Waals surface area contributed by atoms with Crippen molar-refractivity contribution in [2.75, 3.05) is 13.1 Å². The highest BCUT2D eigenvalue weighted by Gasteiger charge is 2.28. The van der Waals surface area contributed by atoms with E-state index in [-0.39, 0.29) is 24.4 Å². The minimum atomic E-state index is -0.379. The second kappa shape index (κ2) is 5.91. The number of likely N-dealkylation sites (tertiary alicyclic amines) is 1. The van der Waals surface area contributed by atoms with Crippen molar-refractivity contribution in [2.45, 2.75) is 18.9 Å². The van der Waals surface area contributed by atoms with Crippen molar-refractivity contribution in [3.8, 4) is 6.07 Å². The van der Waals surface area contributed by atoms with Crippen LogP contribution in [0.2, 0.25) is 0 Å². The van der Waals surface area contributed by atoms with Gasteiger partial charge in [0.1, 0.15) is 6.04 Å². The smallest absolute Gasteiger partial charge is 0.253 e. The summed E-state index contributed by atoms with van der Waals surface area (Å²) in [7, 11) is 0. The van der Waals surface area contributed by atoms with Crippen LogP contribution < -0.4 is 5.32 Å². The Morgan fingerprint density at radius 3 is 3.05 bits per heavy atom. The average molecular weight is 259 g/mol. The summed E-state index contributed by atoms with van der Waals surface area (Å²) in [5.74, 6) is -0.615. The van der Waals surface area contributed by atoms with E-state index in [1.54, 1.807) is 0 Å². The fourth-order valence-corrected chi connectivity index (χ4v) is 1.98. The summed E-state index contributed by atoms with van der Waals surface area (Å²) in [6, 6.07) is 3.23. The van der Waals surface area contributed by atoms with Gasteiger partial charge in [0.15, 0.2) is 0 Å². The average Bonchev–Trinajstić information content (AvgIpc) is 2.93. The molecule has 0 unspecified atom stereocenters. The van der Waals surface area contributed by atoms with E-state index in [0.717, 1.165) is 6.42 Å². The van der Waals surface area contributed by atoms with E-state index in [1.807, 2.05) is 0 Å². The molecule has 1 aliphatic rings. The third-order valence-electron chi connectivity index (χ3n) is 2.97. The Bertz CT molecular complexity index is 511. The fraction of sp³-hybridized carbons (Fsp3) is 0.417. The largest absolute Gasteiger partial charge is 0.343 e. The van der Waals surface area contributed by atoms with Gasteiger partial charge in [0.2, 0.25) is 5.91 Å². The van der Waals surface area contributed by atoms with E-state index in [0.29, 0.717) is 18.5 Å². The topological polar surface area (TPSA) is 99.0 Å². The van der Waals surface area contributed by atoms with Gasteiger partial charge in [0, 0.05) is 6.54 Å². The molecule has 2 rings (SSSR count). The summed E-state index contributed by atoms with van der Waals surface area (Å²) in [6.45, 7) is 0.461. The van der Waals surface area contributed by atoms with Gasteiger partial charge in [0.25, 0.3) is 5.91 Å². The van der Waals surface area contributed by atoms with Crippen LogP contribution in [0.5, 0.6) is 0 Å². The molecular weight excluding hydrogens is 246 g/mol. The lowest BCUT2D eigenvalue weighted by Gasteiger charge is -2.19. The van der Waals surface area contributed by atoms with E-state index < -0.39 is 0 Å². The van der Waals surface area contributed by atoms with Crippen molar-refractivity contribution >= 4 is 11.8 Å². The molecule has 1 N–H and O–H groups in total. The number of carbonyl (C=O) groups is 2. The van der Waals surface area contributed by atoms with E-state index in [9.17, 15) is 9.59 Å². The molecule has 98 valence electrons. The van der Waals surface area contributed by atoms with Gasteiger partial charge in [-0.25, -0.2) is 0 Å². The van der Waals surface area contributed by atoms with Crippen LogP contribution >= 0.6 is 0 Å². The van der Waals surface area contributed by atoms with Crippen LogP contribution in [0.25, 0.3) is 0 Å². The molecule has 1 aliphatic heterocycles. The zero-order valence-electron chi connectivity index (χ0n) is 10.2. The molecule has 1 aromatic rings. The van der Waals surface area contributed by atoms with Crippen molar-refractivity contribution < 1.29 is 9.59 Å².